The largest absolute Gasteiger partial charge is 0.347 e. The lowest BCUT2D eigenvalue weighted by molar-refractivity contribution is 0.0728. The second kappa shape index (κ2) is 8.20. The van der Waals surface area contributed by atoms with Crippen LogP contribution in [0.5, 0.6) is 0 Å². The summed E-state index contributed by atoms with van der Waals surface area (Å²) in [6.07, 6.45) is 1.52. The van der Waals surface area contributed by atoms with Gasteiger partial charge in [0.2, 0.25) is 0 Å². The van der Waals surface area contributed by atoms with Gasteiger partial charge in [0.25, 0.3) is 11.8 Å². The number of carbonyl (C=O) groups is 2. The lowest BCUT2D eigenvalue weighted by Crippen LogP contribution is -2.30. The van der Waals surface area contributed by atoms with Gasteiger partial charge in [0.1, 0.15) is 17.3 Å². The minimum Gasteiger partial charge on any atom is -0.347 e. The predicted octanol–water partition coefficient (Wildman–Crippen LogP) is 4.10. The van der Waals surface area contributed by atoms with Crippen LogP contribution in [0.4, 0.5) is 8.78 Å². The summed E-state index contributed by atoms with van der Waals surface area (Å²) < 4.78 is 27.4. The number of hydrogen-bond donors (Lipinski definition) is 1. The van der Waals surface area contributed by atoms with Crippen LogP contribution >= 0.6 is 11.6 Å². The number of halogens is 3. The summed E-state index contributed by atoms with van der Waals surface area (Å²) in [6.45, 7) is 0.615. The highest BCUT2D eigenvalue weighted by Crippen LogP contribution is 2.22. The van der Waals surface area contributed by atoms with Crippen LogP contribution in [-0.2, 0) is 19.6 Å². The van der Waals surface area contributed by atoms with E-state index in [1.165, 1.54) is 11.1 Å². The van der Waals surface area contributed by atoms with E-state index in [1.54, 1.807) is 30.3 Å². The zero-order chi connectivity index (χ0) is 21.3. The number of pyridine rings is 1. The molecule has 30 heavy (non-hydrogen) atoms. The quantitative estimate of drug-likeness (QED) is 0.667. The van der Waals surface area contributed by atoms with E-state index in [9.17, 15) is 18.4 Å². The predicted molar refractivity (Wildman–Crippen MR) is 107 cm³/mol. The third kappa shape index (κ3) is 4.16. The molecule has 1 aliphatic heterocycles. The highest BCUT2D eigenvalue weighted by atomic mass is 35.5. The summed E-state index contributed by atoms with van der Waals surface area (Å²) in [5, 5.41) is 3.17. The van der Waals surface area contributed by atoms with Crippen molar-refractivity contribution in [3.05, 3.63) is 99.3 Å². The van der Waals surface area contributed by atoms with Crippen LogP contribution in [0.1, 0.15) is 37.5 Å². The number of amides is 2. The normalized spacial score (nSPS) is 12.4. The van der Waals surface area contributed by atoms with Crippen molar-refractivity contribution in [3.63, 3.8) is 0 Å². The van der Waals surface area contributed by atoms with Crippen LogP contribution in [0.2, 0.25) is 5.02 Å². The summed E-state index contributed by atoms with van der Waals surface area (Å²) in [6, 6.07) is 11.5. The Morgan fingerprint density at radius 1 is 1.10 bits per heavy atom. The summed E-state index contributed by atoms with van der Waals surface area (Å²) in [4.78, 5) is 30.4. The number of aromatic nitrogens is 1. The lowest BCUT2D eigenvalue weighted by Gasteiger charge is -2.24. The van der Waals surface area contributed by atoms with Gasteiger partial charge >= 0.3 is 0 Å². The zero-order valence-electron chi connectivity index (χ0n) is 15.7. The van der Waals surface area contributed by atoms with Crippen molar-refractivity contribution in [2.45, 2.75) is 19.6 Å². The van der Waals surface area contributed by atoms with Crippen molar-refractivity contribution >= 4 is 23.4 Å². The molecule has 152 valence electrons. The molecule has 0 fully saturated rings. The van der Waals surface area contributed by atoms with Crippen LogP contribution in [0.3, 0.4) is 0 Å². The van der Waals surface area contributed by atoms with E-state index in [0.29, 0.717) is 34.5 Å². The molecule has 0 atom stereocenters. The van der Waals surface area contributed by atoms with Crippen LogP contribution in [0.25, 0.3) is 0 Å². The van der Waals surface area contributed by atoms with E-state index in [4.69, 9.17) is 11.6 Å². The van der Waals surface area contributed by atoms with Gasteiger partial charge in [0.15, 0.2) is 0 Å². The molecule has 5 nitrogen and oxygen atoms in total. The first kappa shape index (κ1) is 20.0. The molecule has 4 rings (SSSR count). The van der Waals surface area contributed by atoms with Gasteiger partial charge in [0.05, 0.1) is 0 Å². The van der Waals surface area contributed by atoms with Gasteiger partial charge in [-0.3, -0.25) is 14.6 Å². The second-order valence-electron chi connectivity index (χ2n) is 6.94. The fourth-order valence-electron chi connectivity index (χ4n) is 3.36. The Morgan fingerprint density at radius 2 is 1.83 bits per heavy atom. The molecule has 0 radical (unpaired) electrons. The van der Waals surface area contributed by atoms with E-state index in [-0.39, 0.29) is 24.6 Å². The molecule has 1 aliphatic rings. The maximum atomic E-state index is 13.7. The van der Waals surface area contributed by atoms with E-state index >= 15 is 0 Å². The lowest BCUT2D eigenvalue weighted by atomic mass is 10.1. The van der Waals surface area contributed by atoms with E-state index < -0.39 is 17.5 Å². The Bertz CT molecular complexity index is 1130. The number of carbonyl (C=O) groups excluding carboxylic acids is 2. The maximum Gasteiger partial charge on any atom is 0.270 e. The Balaban J connectivity index is 1.67. The number of hydrogen-bond acceptors (Lipinski definition) is 3. The Hall–Kier alpha value is -3.32. The zero-order valence-corrected chi connectivity index (χ0v) is 16.4. The van der Waals surface area contributed by atoms with Crippen LogP contribution in [-0.4, -0.2) is 21.7 Å². The number of benzene rings is 2. The van der Waals surface area contributed by atoms with Gasteiger partial charge in [-0.1, -0.05) is 29.8 Å². The summed E-state index contributed by atoms with van der Waals surface area (Å²) in [7, 11) is 0. The monoisotopic (exact) mass is 427 g/mol. The minimum absolute atomic E-state index is 0.106. The van der Waals surface area contributed by atoms with Crippen molar-refractivity contribution in [2.24, 2.45) is 0 Å². The average molecular weight is 428 g/mol. The fraction of sp³-hybridized carbons (Fsp3) is 0.136. The van der Waals surface area contributed by atoms with Crippen molar-refractivity contribution in [1.82, 2.24) is 15.2 Å². The molecule has 0 bridgehead atoms. The van der Waals surface area contributed by atoms with Crippen LogP contribution in [0.15, 0.2) is 54.7 Å². The van der Waals surface area contributed by atoms with Gasteiger partial charge in [-0.15, -0.1) is 0 Å². The highest BCUT2D eigenvalue weighted by Gasteiger charge is 2.23. The summed E-state index contributed by atoms with van der Waals surface area (Å²) in [5.41, 5.74) is 2.36. The molecule has 2 amide bonds. The molecule has 0 spiro atoms. The molecule has 1 aromatic heterocycles. The Kier molecular flexibility index (Phi) is 5.46. The van der Waals surface area contributed by atoms with Crippen LogP contribution in [0, 0.1) is 11.6 Å². The SMILES string of the molecule is O=C1NCc2cc(CN(Cc3ccccc3Cl)C(=O)c3cc(F)cc(F)c3)cnc21. The van der Waals surface area contributed by atoms with Crippen molar-refractivity contribution in [1.29, 1.82) is 0 Å². The van der Waals surface area contributed by atoms with Crippen molar-refractivity contribution in [2.75, 3.05) is 0 Å². The molecule has 0 aliphatic carbocycles. The average Bonchev–Trinajstić information content (AvgIpc) is 3.08. The molecule has 1 N–H and O–H groups in total. The van der Waals surface area contributed by atoms with Crippen LogP contribution < -0.4 is 5.32 Å². The Morgan fingerprint density at radius 3 is 2.57 bits per heavy atom. The highest BCUT2D eigenvalue weighted by molar-refractivity contribution is 6.31. The minimum atomic E-state index is -0.833. The standard InChI is InChI=1S/C22H16ClF2N3O2/c23-19-4-2-1-3-14(19)12-28(22(30)15-6-17(24)8-18(25)7-15)11-13-5-16-10-27-21(29)20(16)26-9-13/h1-9H,10-12H2,(H,27,29). The second-order valence-corrected chi connectivity index (χ2v) is 7.35. The number of nitrogens with one attached hydrogen (secondary N) is 1. The summed E-state index contributed by atoms with van der Waals surface area (Å²) >= 11 is 6.25. The molecule has 2 heterocycles. The first-order chi connectivity index (χ1) is 14.4. The van der Waals surface area contributed by atoms with Gasteiger partial charge in [-0.2, -0.15) is 0 Å². The van der Waals surface area contributed by atoms with Crippen molar-refractivity contribution < 1.29 is 18.4 Å². The topological polar surface area (TPSA) is 62.3 Å². The van der Waals surface area contributed by atoms with Gasteiger partial charge in [-0.05, 0) is 35.4 Å². The van der Waals surface area contributed by atoms with Gasteiger partial charge in [0, 0.05) is 48.0 Å². The smallest absolute Gasteiger partial charge is 0.270 e. The van der Waals surface area contributed by atoms with E-state index in [1.807, 2.05) is 0 Å². The molecule has 0 saturated carbocycles. The molecule has 8 heteroatoms. The summed E-state index contributed by atoms with van der Waals surface area (Å²) in [5.74, 6) is -2.46. The molecule has 3 aromatic rings. The molecule has 0 unspecified atom stereocenters. The fourth-order valence-corrected chi connectivity index (χ4v) is 3.55. The maximum absolute atomic E-state index is 13.7. The van der Waals surface area contributed by atoms with E-state index in [2.05, 4.69) is 10.3 Å². The Labute approximate surface area is 176 Å². The molecular formula is C22H16ClF2N3O2. The molecule has 2 aromatic carbocycles. The molecule has 0 saturated heterocycles. The van der Waals surface area contributed by atoms with Crippen molar-refractivity contribution in [3.8, 4) is 0 Å². The van der Waals surface area contributed by atoms with Gasteiger partial charge in [-0.25, -0.2) is 8.78 Å². The molecular weight excluding hydrogens is 412 g/mol. The first-order valence-corrected chi connectivity index (χ1v) is 9.53. The number of fused-ring (bicyclic) bond motifs is 1. The number of rotatable bonds is 5. The van der Waals surface area contributed by atoms with Gasteiger partial charge < -0.3 is 10.2 Å². The van der Waals surface area contributed by atoms with E-state index in [0.717, 1.165) is 17.7 Å². The number of nitrogens with zero attached hydrogens (tertiary/aromatic N) is 2. The third-order valence-electron chi connectivity index (χ3n) is 4.77. The third-order valence-corrected chi connectivity index (χ3v) is 5.14. The first-order valence-electron chi connectivity index (χ1n) is 9.15.